The zero-order valence-electron chi connectivity index (χ0n) is 13.8. The fraction of sp³-hybridized carbons (Fsp3) is 0.375. The number of esters is 2. The van der Waals surface area contributed by atoms with E-state index >= 15 is 0 Å². The van der Waals surface area contributed by atoms with E-state index in [0.717, 1.165) is 19.3 Å². The number of methoxy groups -OCH3 is 3. The molecular formula is C16H20FNO6. The van der Waals surface area contributed by atoms with E-state index < -0.39 is 17.8 Å². The fourth-order valence-corrected chi connectivity index (χ4v) is 1.69. The van der Waals surface area contributed by atoms with Gasteiger partial charge in [-0.3, -0.25) is 0 Å². The Hall–Kier alpha value is -2.61. The second-order valence-electron chi connectivity index (χ2n) is 4.53. The first kappa shape index (κ1) is 19.4. The van der Waals surface area contributed by atoms with Gasteiger partial charge in [0.25, 0.3) is 0 Å². The number of hydrogen-bond donors (Lipinski definition) is 1. The smallest absolute Gasteiger partial charge is 0.354 e. The van der Waals surface area contributed by atoms with Gasteiger partial charge in [0.05, 0.1) is 32.6 Å². The van der Waals surface area contributed by atoms with Crippen molar-refractivity contribution in [2.75, 3.05) is 39.9 Å². The molecule has 0 amide bonds. The third-order valence-electron chi connectivity index (χ3n) is 2.83. The van der Waals surface area contributed by atoms with Crippen LogP contribution in [0.25, 0.3) is 0 Å². The maximum atomic E-state index is 13.5. The lowest BCUT2D eigenvalue weighted by atomic mass is 10.2. The molecule has 0 unspecified atom stereocenters. The van der Waals surface area contributed by atoms with E-state index in [-0.39, 0.29) is 11.4 Å². The predicted octanol–water partition coefficient (Wildman–Crippen LogP) is 1.88. The molecule has 132 valence electrons. The maximum absolute atomic E-state index is 13.5. The molecule has 1 rings (SSSR count). The number of carbonyl (C=O) groups excluding carboxylic acids is 2. The molecule has 7 nitrogen and oxygen atoms in total. The van der Waals surface area contributed by atoms with Crippen LogP contribution in [0.15, 0.2) is 30.0 Å². The molecule has 0 atom stereocenters. The summed E-state index contributed by atoms with van der Waals surface area (Å²) in [5.41, 5.74) is -0.0374. The van der Waals surface area contributed by atoms with Crippen LogP contribution in [0.4, 0.5) is 10.1 Å². The van der Waals surface area contributed by atoms with Crippen LogP contribution in [0.3, 0.4) is 0 Å². The highest BCUT2D eigenvalue weighted by molar-refractivity contribution is 5.99. The highest BCUT2D eigenvalue weighted by atomic mass is 19.1. The minimum absolute atomic E-state index is 0.174. The third-order valence-corrected chi connectivity index (χ3v) is 2.83. The van der Waals surface area contributed by atoms with Gasteiger partial charge in [-0.2, -0.15) is 0 Å². The summed E-state index contributed by atoms with van der Waals surface area (Å²) in [5.74, 6) is -1.80. The summed E-state index contributed by atoms with van der Waals surface area (Å²) in [7, 11) is 3.90. The van der Waals surface area contributed by atoms with Crippen LogP contribution in [0.2, 0.25) is 0 Å². The Labute approximate surface area is 139 Å². The Morgan fingerprint density at radius 2 is 1.92 bits per heavy atom. The molecule has 0 fully saturated rings. The molecule has 0 aliphatic heterocycles. The summed E-state index contributed by atoms with van der Waals surface area (Å²) in [6.07, 6.45) is 1.54. The van der Waals surface area contributed by atoms with Crippen molar-refractivity contribution in [2.24, 2.45) is 0 Å². The minimum Gasteiger partial charge on any atom is -0.491 e. The second kappa shape index (κ2) is 10.2. The summed E-state index contributed by atoms with van der Waals surface area (Å²) in [4.78, 5) is 23.1. The molecule has 8 heteroatoms. The summed E-state index contributed by atoms with van der Waals surface area (Å²) in [6.45, 7) is 0.849. The van der Waals surface area contributed by atoms with E-state index in [1.165, 1.54) is 19.2 Å². The molecule has 24 heavy (non-hydrogen) atoms. The lowest BCUT2D eigenvalue weighted by Gasteiger charge is -2.14. The van der Waals surface area contributed by atoms with Crippen LogP contribution in [0.1, 0.15) is 6.42 Å². The van der Waals surface area contributed by atoms with Crippen molar-refractivity contribution in [3.63, 3.8) is 0 Å². The van der Waals surface area contributed by atoms with Crippen LogP contribution >= 0.6 is 0 Å². The van der Waals surface area contributed by atoms with Gasteiger partial charge in [0.15, 0.2) is 0 Å². The predicted molar refractivity (Wildman–Crippen MR) is 84.1 cm³/mol. The van der Waals surface area contributed by atoms with Crippen LogP contribution < -0.4 is 10.1 Å². The lowest BCUT2D eigenvalue weighted by molar-refractivity contribution is -0.138. The van der Waals surface area contributed by atoms with Crippen LogP contribution in [-0.4, -0.2) is 46.5 Å². The van der Waals surface area contributed by atoms with Gasteiger partial charge in [0, 0.05) is 26.2 Å². The maximum Gasteiger partial charge on any atom is 0.354 e. The number of nitrogens with one attached hydrogen (secondary N) is 1. The van der Waals surface area contributed by atoms with Gasteiger partial charge in [-0.25, -0.2) is 14.0 Å². The van der Waals surface area contributed by atoms with Gasteiger partial charge in [0.1, 0.15) is 17.3 Å². The molecule has 0 aliphatic carbocycles. The van der Waals surface area contributed by atoms with Gasteiger partial charge >= 0.3 is 11.9 Å². The number of rotatable bonds is 9. The molecule has 0 bridgehead atoms. The van der Waals surface area contributed by atoms with Gasteiger partial charge in [-0.15, -0.1) is 0 Å². The first-order chi connectivity index (χ1) is 11.5. The van der Waals surface area contributed by atoms with Crippen LogP contribution in [0.5, 0.6) is 5.75 Å². The van der Waals surface area contributed by atoms with Crippen molar-refractivity contribution in [2.45, 2.75) is 6.42 Å². The van der Waals surface area contributed by atoms with E-state index in [1.807, 2.05) is 0 Å². The van der Waals surface area contributed by atoms with E-state index in [4.69, 9.17) is 9.47 Å². The molecule has 1 N–H and O–H groups in total. The Kier molecular flexibility index (Phi) is 8.28. The second-order valence-corrected chi connectivity index (χ2v) is 4.53. The zero-order chi connectivity index (χ0) is 17.9. The summed E-state index contributed by atoms with van der Waals surface area (Å²) in [5, 5.41) is 2.63. The average molecular weight is 341 g/mol. The van der Waals surface area contributed by atoms with Gasteiger partial charge in [-0.1, -0.05) is 0 Å². The van der Waals surface area contributed by atoms with Crippen LogP contribution in [-0.2, 0) is 23.8 Å². The molecule has 0 spiro atoms. The Bertz CT molecular complexity index is 602. The van der Waals surface area contributed by atoms with E-state index in [1.54, 1.807) is 7.11 Å². The van der Waals surface area contributed by atoms with E-state index in [2.05, 4.69) is 14.8 Å². The molecule has 0 saturated heterocycles. The molecule has 0 aromatic heterocycles. The Balaban J connectivity index is 3.00. The van der Waals surface area contributed by atoms with Crippen molar-refractivity contribution in [3.05, 3.63) is 35.8 Å². The average Bonchev–Trinajstić information content (AvgIpc) is 2.58. The quantitative estimate of drug-likeness (QED) is 0.417. The third kappa shape index (κ3) is 6.25. The highest BCUT2D eigenvalue weighted by Gasteiger charge is 2.15. The van der Waals surface area contributed by atoms with Gasteiger partial charge in [-0.05, 0) is 12.1 Å². The van der Waals surface area contributed by atoms with Crippen LogP contribution in [0, 0.1) is 5.82 Å². The summed E-state index contributed by atoms with van der Waals surface area (Å²) < 4.78 is 33.0. The molecule has 0 heterocycles. The number of ether oxygens (including phenoxy) is 4. The number of benzene rings is 1. The van der Waals surface area contributed by atoms with Gasteiger partial charge < -0.3 is 24.3 Å². The first-order valence-electron chi connectivity index (χ1n) is 7.08. The van der Waals surface area contributed by atoms with Crippen molar-refractivity contribution in [1.82, 2.24) is 0 Å². The fourth-order valence-electron chi connectivity index (χ4n) is 1.69. The number of carbonyl (C=O) groups is 2. The molecule has 1 aromatic rings. The monoisotopic (exact) mass is 341 g/mol. The Morgan fingerprint density at radius 1 is 1.17 bits per heavy atom. The standard InChI is InChI=1S/C16H20FNO6/c1-21-7-4-8-24-14-6-5-11(17)9-12(14)18-13(16(20)23-3)10-15(19)22-2/h5-6,9-10,18H,4,7-8H2,1-3H3/b13-10+. The lowest BCUT2D eigenvalue weighted by Crippen LogP contribution is -2.16. The summed E-state index contributed by atoms with van der Waals surface area (Å²) >= 11 is 0. The highest BCUT2D eigenvalue weighted by Crippen LogP contribution is 2.27. The van der Waals surface area contributed by atoms with Crippen molar-refractivity contribution >= 4 is 17.6 Å². The zero-order valence-corrected chi connectivity index (χ0v) is 13.8. The van der Waals surface area contributed by atoms with Gasteiger partial charge in [0.2, 0.25) is 0 Å². The minimum atomic E-state index is -0.810. The normalized spacial score (nSPS) is 10.9. The number of anilines is 1. The largest absolute Gasteiger partial charge is 0.491 e. The number of halogens is 1. The summed E-state index contributed by atoms with van der Waals surface area (Å²) in [6, 6.07) is 3.77. The first-order valence-corrected chi connectivity index (χ1v) is 7.08. The molecule has 0 saturated carbocycles. The molecule has 1 aromatic carbocycles. The molecule has 0 aliphatic rings. The SMILES string of the molecule is COCCCOc1ccc(F)cc1N/C(=C/C(=O)OC)C(=O)OC. The van der Waals surface area contributed by atoms with Crippen molar-refractivity contribution in [1.29, 1.82) is 0 Å². The molecule has 0 radical (unpaired) electrons. The topological polar surface area (TPSA) is 83.1 Å². The van der Waals surface area contributed by atoms with Crippen molar-refractivity contribution < 1.29 is 32.9 Å². The Morgan fingerprint density at radius 3 is 2.54 bits per heavy atom. The molecular weight excluding hydrogens is 321 g/mol. The van der Waals surface area contributed by atoms with E-state index in [0.29, 0.717) is 25.4 Å². The number of hydrogen-bond acceptors (Lipinski definition) is 7. The van der Waals surface area contributed by atoms with Crippen molar-refractivity contribution in [3.8, 4) is 5.75 Å². The van der Waals surface area contributed by atoms with E-state index in [9.17, 15) is 14.0 Å².